The third-order valence-electron chi connectivity index (χ3n) is 10.9. The summed E-state index contributed by atoms with van der Waals surface area (Å²) in [6.45, 7) is 1.82. The molecule has 6 atom stereocenters. The molecule has 10 nitrogen and oxygen atoms in total. The zero-order valence-corrected chi connectivity index (χ0v) is 27.7. The number of carbonyl (C=O) groups is 4. The van der Waals surface area contributed by atoms with Crippen molar-refractivity contribution >= 4 is 40.9 Å². The molecule has 49 heavy (non-hydrogen) atoms. The van der Waals surface area contributed by atoms with Gasteiger partial charge in [-0.25, -0.2) is 9.29 Å². The molecule has 2 N–H and O–H groups in total. The number of allylic oxidation sites excluding steroid dienone is 2. The normalized spacial score (nSPS) is 27.5. The van der Waals surface area contributed by atoms with E-state index in [1.807, 2.05) is 6.08 Å². The topological polar surface area (TPSA) is 134 Å². The van der Waals surface area contributed by atoms with Crippen LogP contribution in [0.1, 0.15) is 36.8 Å². The van der Waals surface area contributed by atoms with Crippen LogP contribution in [0, 0.1) is 34.9 Å². The van der Waals surface area contributed by atoms with Gasteiger partial charge in [-0.15, -0.1) is 0 Å². The number of ether oxygens (including phenoxy) is 2. The maximum absolute atomic E-state index is 14.6. The highest BCUT2D eigenvalue weighted by atomic mass is 35.5. The van der Waals surface area contributed by atoms with Crippen molar-refractivity contribution in [1.82, 2.24) is 4.90 Å². The summed E-state index contributed by atoms with van der Waals surface area (Å²) < 4.78 is 25.3. The number of hydrogen-bond acceptors (Lipinski definition) is 8. The van der Waals surface area contributed by atoms with Crippen LogP contribution in [-0.4, -0.2) is 59.5 Å². The highest BCUT2D eigenvalue weighted by molar-refractivity contribution is 6.31. The molecule has 2 saturated heterocycles. The Hall–Kier alpha value is -4.90. The lowest BCUT2D eigenvalue weighted by Gasteiger charge is -2.49. The van der Waals surface area contributed by atoms with E-state index in [2.05, 4.69) is 0 Å². The lowest BCUT2D eigenvalue weighted by atomic mass is 9.51. The van der Waals surface area contributed by atoms with Crippen molar-refractivity contribution in [3.8, 4) is 23.0 Å². The van der Waals surface area contributed by atoms with E-state index in [4.69, 9.17) is 21.1 Å². The number of fused-ring (bicyclic) bond motifs is 4. The predicted octanol–water partition coefficient (Wildman–Crippen LogP) is 5.38. The van der Waals surface area contributed by atoms with Crippen molar-refractivity contribution in [2.75, 3.05) is 25.7 Å². The second-order valence-electron chi connectivity index (χ2n) is 13.3. The number of hydrogen-bond donors (Lipinski definition) is 2. The van der Waals surface area contributed by atoms with E-state index in [9.17, 15) is 33.8 Å². The zero-order chi connectivity index (χ0) is 34.9. The molecule has 2 aliphatic heterocycles. The Kier molecular flexibility index (Phi) is 7.93. The quantitative estimate of drug-likeness (QED) is 0.250. The number of halogens is 2. The van der Waals surface area contributed by atoms with E-state index < -0.39 is 52.6 Å². The van der Waals surface area contributed by atoms with Crippen LogP contribution in [0.4, 0.5) is 10.1 Å². The van der Waals surface area contributed by atoms with Gasteiger partial charge in [-0.3, -0.25) is 24.1 Å². The molecule has 1 saturated carbocycles. The van der Waals surface area contributed by atoms with Gasteiger partial charge < -0.3 is 19.7 Å². The van der Waals surface area contributed by atoms with Crippen LogP contribution in [0.3, 0.4) is 0 Å². The molecule has 6 unspecified atom stereocenters. The Bertz CT molecular complexity index is 1950. The van der Waals surface area contributed by atoms with Crippen molar-refractivity contribution < 1.29 is 43.3 Å². The van der Waals surface area contributed by atoms with E-state index >= 15 is 0 Å². The first-order valence-corrected chi connectivity index (χ1v) is 16.4. The molecule has 0 bridgehead atoms. The molecule has 7 rings (SSSR count). The van der Waals surface area contributed by atoms with Gasteiger partial charge in [0.05, 0.1) is 48.1 Å². The summed E-state index contributed by atoms with van der Waals surface area (Å²) in [4.78, 5) is 59.3. The van der Waals surface area contributed by atoms with Crippen LogP contribution in [0.2, 0.25) is 5.02 Å². The van der Waals surface area contributed by atoms with Gasteiger partial charge in [-0.05, 0) is 68.0 Å². The van der Waals surface area contributed by atoms with E-state index in [1.165, 1.54) is 37.3 Å². The van der Waals surface area contributed by atoms with Gasteiger partial charge in [-0.2, -0.15) is 0 Å². The van der Waals surface area contributed by atoms with E-state index in [0.29, 0.717) is 17.7 Å². The number of rotatable bonds is 7. The maximum atomic E-state index is 14.6. The van der Waals surface area contributed by atoms with Crippen LogP contribution in [0.15, 0.2) is 66.2 Å². The summed E-state index contributed by atoms with van der Waals surface area (Å²) in [6, 6.07) is 13.2. The van der Waals surface area contributed by atoms with E-state index in [-0.39, 0.29) is 64.7 Å². The van der Waals surface area contributed by atoms with Gasteiger partial charge in [0, 0.05) is 30.2 Å². The molecule has 2 aliphatic carbocycles. The summed E-state index contributed by atoms with van der Waals surface area (Å²) in [7, 11) is 2.86. The molecule has 4 aliphatic rings. The fraction of sp³-hybridized carbons (Fsp3) is 0.351. The molecule has 254 valence electrons. The summed E-state index contributed by atoms with van der Waals surface area (Å²) in [5.74, 6) is -6.03. The third kappa shape index (κ3) is 4.88. The van der Waals surface area contributed by atoms with Crippen LogP contribution < -0.4 is 14.4 Å². The van der Waals surface area contributed by atoms with Gasteiger partial charge >= 0.3 is 0 Å². The van der Waals surface area contributed by atoms with Crippen LogP contribution in [0.5, 0.6) is 23.0 Å². The molecule has 0 aromatic heterocycles. The first-order valence-electron chi connectivity index (χ1n) is 16.0. The number of phenols is 2. The largest absolute Gasteiger partial charge is 0.508 e. The molecule has 0 spiro atoms. The zero-order valence-electron chi connectivity index (χ0n) is 27.0. The Morgan fingerprint density at radius 1 is 0.939 bits per heavy atom. The fourth-order valence-electron chi connectivity index (χ4n) is 8.55. The van der Waals surface area contributed by atoms with Crippen LogP contribution in [0.25, 0.3) is 0 Å². The van der Waals surface area contributed by atoms with Gasteiger partial charge in [0.15, 0.2) is 0 Å². The van der Waals surface area contributed by atoms with Gasteiger partial charge in [0.25, 0.3) is 0 Å². The molecule has 4 amide bonds. The minimum Gasteiger partial charge on any atom is -0.508 e. The van der Waals surface area contributed by atoms with Crippen molar-refractivity contribution in [3.63, 3.8) is 0 Å². The third-order valence-corrected chi connectivity index (χ3v) is 11.2. The van der Waals surface area contributed by atoms with Crippen molar-refractivity contribution in [2.45, 2.75) is 32.1 Å². The highest BCUT2D eigenvalue weighted by Gasteiger charge is 2.68. The number of imide groups is 2. The lowest BCUT2D eigenvalue weighted by Crippen LogP contribution is -2.49. The van der Waals surface area contributed by atoms with Crippen molar-refractivity contribution in [3.05, 3.63) is 88.2 Å². The van der Waals surface area contributed by atoms with Crippen LogP contribution in [-0.2, 0) is 25.6 Å². The number of anilines is 1. The minimum absolute atomic E-state index is 0.0973. The number of phenolic OH excluding ortho intramolecular Hbond substituents is 2. The average molecular weight is 689 g/mol. The van der Waals surface area contributed by atoms with Gasteiger partial charge in [0.1, 0.15) is 28.8 Å². The average Bonchev–Trinajstić information content (AvgIpc) is 3.44. The Morgan fingerprint density at radius 2 is 1.67 bits per heavy atom. The molecule has 3 aromatic carbocycles. The summed E-state index contributed by atoms with van der Waals surface area (Å²) in [6.07, 6.45) is 2.60. The molecule has 2 heterocycles. The standard InChI is InChI=1S/C37H34ClFN2O8/c1-37-25(34(45)41(36(37)47)19-6-11-27(39)26(38)14-19)17-24-22(32(37)31-28(43)15-21(48-2)16-29(31)49-3)9-10-23-30(24)35(46)40(33(23)44)13-12-18-4-7-20(42)8-5-18/h4-9,11,14-16,23-25,30,32,42-43H,10,12-13,17H2,1-3H3. The summed E-state index contributed by atoms with van der Waals surface area (Å²) in [5.41, 5.74) is 0.394. The predicted molar refractivity (Wildman–Crippen MR) is 176 cm³/mol. The van der Waals surface area contributed by atoms with E-state index in [0.717, 1.165) is 16.5 Å². The number of nitrogens with zero attached hydrogens (tertiary/aromatic N) is 2. The van der Waals surface area contributed by atoms with Gasteiger partial charge in [-0.1, -0.05) is 35.4 Å². The van der Waals surface area contributed by atoms with Crippen molar-refractivity contribution in [1.29, 1.82) is 0 Å². The van der Waals surface area contributed by atoms with Gasteiger partial charge in [0.2, 0.25) is 23.6 Å². The Morgan fingerprint density at radius 3 is 2.35 bits per heavy atom. The molecule has 3 fully saturated rings. The Balaban J connectivity index is 1.33. The smallest absolute Gasteiger partial charge is 0.241 e. The molecule has 0 radical (unpaired) electrons. The number of carbonyl (C=O) groups excluding carboxylic acids is 4. The fourth-order valence-corrected chi connectivity index (χ4v) is 8.72. The Labute approximate surface area is 286 Å². The number of benzene rings is 3. The maximum Gasteiger partial charge on any atom is 0.241 e. The summed E-state index contributed by atoms with van der Waals surface area (Å²) >= 11 is 6.08. The lowest BCUT2D eigenvalue weighted by molar-refractivity contribution is -0.140. The number of amides is 4. The number of aromatic hydroxyl groups is 2. The van der Waals surface area contributed by atoms with E-state index in [1.54, 1.807) is 37.3 Å². The SMILES string of the molecule is COc1cc(O)c(C2C3=CCC4C(=O)N(CCc5ccc(O)cc5)C(=O)C4C3CC3C(=O)N(c4ccc(F)c(Cl)c4)C(=O)C32C)c(OC)c1. The molecular formula is C37H34ClFN2O8. The number of likely N-dealkylation sites (tertiary alicyclic amines) is 1. The monoisotopic (exact) mass is 688 g/mol. The first kappa shape index (κ1) is 32.6. The minimum atomic E-state index is -1.48. The molecular weight excluding hydrogens is 655 g/mol. The second kappa shape index (κ2) is 11.9. The number of methoxy groups -OCH3 is 2. The summed E-state index contributed by atoms with van der Waals surface area (Å²) in [5, 5.41) is 20.9. The van der Waals surface area contributed by atoms with Crippen LogP contribution >= 0.6 is 11.6 Å². The molecule has 3 aromatic rings. The first-order chi connectivity index (χ1) is 23.4. The molecule has 12 heteroatoms. The van der Waals surface area contributed by atoms with Crippen molar-refractivity contribution in [2.24, 2.45) is 29.1 Å². The second-order valence-corrected chi connectivity index (χ2v) is 13.7. The highest BCUT2D eigenvalue weighted by Crippen LogP contribution is 2.65.